The van der Waals surface area contributed by atoms with Crippen LogP contribution in [0.15, 0.2) is 200 Å². The summed E-state index contributed by atoms with van der Waals surface area (Å²) in [7, 11) is 0. The van der Waals surface area contributed by atoms with Crippen LogP contribution in [0, 0.1) is 6.92 Å². The number of aryl methyl sites for hydroxylation is 1. The maximum atomic E-state index is 2.43. The molecule has 2 nitrogen and oxygen atoms in total. The Morgan fingerprint density at radius 1 is 0.317 bits per heavy atom. The summed E-state index contributed by atoms with van der Waals surface area (Å²) in [6.45, 7) is 11.7. The van der Waals surface area contributed by atoms with E-state index in [1.54, 1.807) is 0 Å². The molecule has 304 valence electrons. The summed E-state index contributed by atoms with van der Waals surface area (Å²) >= 11 is 0. The van der Waals surface area contributed by atoms with Crippen LogP contribution < -0.4 is 9.80 Å². The Balaban J connectivity index is 0.893. The Morgan fingerprint density at radius 3 is 1.24 bits per heavy atom. The number of benzene rings is 9. The van der Waals surface area contributed by atoms with Crippen LogP contribution in [0.25, 0.3) is 45.2 Å². The van der Waals surface area contributed by atoms with Crippen molar-refractivity contribution in [1.82, 2.24) is 0 Å². The molecule has 0 heterocycles. The lowest BCUT2D eigenvalue weighted by Gasteiger charge is -2.28. The smallest absolute Gasteiger partial charge is 0.0468 e. The second-order valence-electron chi connectivity index (χ2n) is 18.4. The normalized spacial score (nSPS) is 14.0. The number of hydrogen-bond acceptors (Lipinski definition) is 2. The van der Waals surface area contributed by atoms with Crippen molar-refractivity contribution >= 4 is 57.0 Å². The second kappa shape index (κ2) is 14.9. The summed E-state index contributed by atoms with van der Waals surface area (Å²) in [6, 6.07) is 73.7. The molecule has 0 N–H and O–H groups in total. The molecule has 0 atom stereocenters. The van der Waals surface area contributed by atoms with Gasteiger partial charge in [0.15, 0.2) is 0 Å². The van der Waals surface area contributed by atoms with E-state index in [9.17, 15) is 0 Å². The number of para-hydroxylation sites is 2. The van der Waals surface area contributed by atoms with Gasteiger partial charge in [-0.1, -0.05) is 167 Å². The third-order valence-corrected chi connectivity index (χ3v) is 13.6. The molecule has 0 saturated carbocycles. The summed E-state index contributed by atoms with van der Waals surface area (Å²) in [5.74, 6) is 0. The van der Waals surface area contributed by atoms with Gasteiger partial charge in [0.05, 0.1) is 0 Å². The van der Waals surface area contributed by atoms with E-state index >= 15 is 0 Å². The lowest BCUT2D eigenvalue weighted by Crippen LogP contribution is -2.16. The Labute approximate surface area is 372 Å². The first-order valence-corrected chi connectivity index (χ1v) is 22.2. The molecule has 0 bridgehead atoms. The summed E-state index contributed by atoms with van der Waals surface area (Å²) < 4.78 is 0. The second-order valence-corrected chi connectivity index (χ2v) is 18.4. The Bertz CT molecular complexity index is 3210. The minimum absolute atomic E-state index is 0.158. The topological polar surface area (TPSA) is 6.48 Å². The van der Waals surface area contributed by atoms with Crippen molar-refractivity contribution in [2.24, 2.45) is 0 Å². The monoisotopic (exact) mass is 810 g/mol. The first kappa shape index (κ1) is 38.5. The van der Waals surface area contributed by atoms with Crippen molar-refractivity contribution in [2.75, 3.05) is 9.80 Å². The molecular formula is C61H50N2. The molecule has 0 saturated heterocycles. The molecule has 0 fully saturated rings. The van der Waals surface area contributed by atoms with Crippen molar-refractivity contribution in [3.63, 3.8) is 0 Å². The van der Waals surface area contributed by atoms with Gasteiger partial charge in [0, 0.05) is 45.0 Å². The molecule has 9 aromatic rings. The average Bonchev–Trinajstić information content (AvgIpc) is 3.67. The molecule has 63 heavy (non-hydrogen) atoms. The molecule has 0 aromatic heterocycles. The highest BCUT2D eigenvalue weighted by Crippen LogP contribution is 2.53. The highest BCUT2D eigenvalue weighted by atomic mass is 15.1. The van der Waals surface area contributed by atoms with Crippen molar-refractivity contribution in [1.29, 1.82) is 0 Å². The maximum Gasteiger partial charge on any atom is 0.0468 e. The molecule has 2 aliphatic carbocycles. The number of fused-ring (bicyclic) bond motifs is 7. The first-order chi connectivity index (χ1) is 30.6. The van der Waals surface area contributed by atoms with E-state index in [2.05, 4.69) is 257 Å². The molecule has 0 radical (unpaired) electrons. The number of hydrogen-bond donors (Lipinski definition) is 0. The molecule has 2 heteroatoms. The third kappa shape index (κ3) is 6.57. The quantitative estimate of drug-likeness (QED) is 0.141. The molecule has 0 aliphatic heterocycles. The van der Waals surface area contributed by atoms with Gasteiger partial charge in [-0.15, -0.1) is 0 Å². The minimum atomic E-state index is -0.176. The fraction of sp³-hybridized carbons (Fsp3) is 0.115. The van der Waals surface area contributed by atoms with Crippen LogP contribution in [0.1, 0.15) is 66.6 Å². The molecule has 0 amide bonds. The minimum Gasteiger partial charge on any atom is -0.310 e. The SMILES string of the molecule is Cc1cccc(N(c2ccc3c(c2)C(C)(C)c2cc(/C=C/c4ccc5c(c4)C(C)(C)c4cc(N(c6ccccc6)c6ccccc6)ccc4-5)ccc2-3)c2ccc3ccccc3c2)c1. The predicted octanol–water partition coefficient (Wildman–Crippen LogP) is 16.9. The van der Waals surface area contributed by atoms with Crippen molar-refractivity contribution in [3.05, 3.63) is 239 Å². The maximum absolute atomic E-state index is 2.43. The van der Waals surface area contributed by atoms with Gasteiger partial charge in [0.2, 0.25) is 0 Å². The summed E-state index contributed by atoms with van der Waals surface area (Å²) in [5.41, 5.74) is 21.0. The van der Waals surface area contributed by atoms with Gasteiger partial charge < -0.3 is 9.80 Å². The molecule has 11 rings (SSSR count). The van der Waals surface area contributed by atoms with E-state index < -0.39 is 0 Å². The van der Waals surface area contributed by atoms with Crippen molar-refractivity contribution in [3.8, 4) is 22.3 Å². The third-order valence-electron chi connectivity index (χ3n) is 13.6. The zero-order valence-corrected chi connectivity index (χ0v) is 36.6. The van der Waals surface area contributed by atoms with Crippen LogP contribution in [0.5, 0.6) is 0 Å². The van der Waals surface area contributed by atoms with E-state index in [1.165, 1.54) is 83.3 Å². The standard InChI is InChI=1S/C61H50N2/c1-41-15-14-22-48(35-41)63(49-28-27-44-16-12-13-17-45(44)38-49)51-30-34-55-53-32-26-43(37-57(53)61(4,5)59(55)40-51)24-23-42-25-31-52-54-33-29-50(39-58(54)60(2,3)56(52)36-42)62(46-18-8-6-9-19-46)47-20-10-7-11-21-47/h6-40H,1-5H3/b24-23+. The molecule has 0 unspecified atom stereocenters. The zero-order chi connectivity index (χ0) is 42.9. The highest BCUT2D eigenvalue weighted by molar-refractivity contribution is 5.92. The Hall–Kier alpha value is -7.42. The van der Waals surface area contributed by atoms with Gasteiger partial charge >= 0.3 is 0 Å². The predicted molar refractivity (Wildman–Crippen MR) is 269 cm³/mol. The lowest BCUT2D eigenvalue weighted by atomic mass is 9.81. The largest absolute Gasteiger partial charge is 0.310 e. The lowest BCUT2D eigenvalue weighted by molar-refractivity contribution is 0.660. The van der Waals surface area contributed by atoms with Crippen LogP contribution in [0.4, 0.5) is 34.1 Å². The zero-order valence-electron chi connectivity index (χ0n) is 36.6. The van der Waals surface area contributed by atoms with Gasteiger partial charge in [0.25, 0.3) is 0 Å². The fourth-order valence-corrected chi connectivity index (χ4v) is 10.3. The summed E-state index contributed by atoms with van der Waals surface area (Å²) in [4.78, 5) is 4.77. The van der Waals surface area contributed by atoms with Gasteiger partial charge in [-0.2, -0.15) is 0 Å². The van der Waals surface area contributed by atoms with E-state index in [0.717, 1.165) is 22.7 Å². The van der Waals surface area contributed by atoms with Crippen LogP contribution in [-0.2, 0) is 10.8 Å². The Kier molecular flexibility index (Phi) is 9.10. The van der Waals surface area contributed by atoms with Crippen LogP contribution in [0.3, 0.4) is 0 Å². The molecule has 2 aliphatic rings. The van der Waals surface area contributed by atoms with Gasteiger partial charge in [-0.05, 0) is 152 Å². The molecular weight excluding hydrogens is 761 g/mol. The van der Waals surface area contributed by atoms with Crippen molar-refractivity contribution in [2.45, 2.75) is 45.4 Å². The molecule has 9 aromatic carbocycles. The highest BCUT2D eigenvalue weighted by Gasteiger charge is 2.37. The number of nitrogens with zero attached hydrogens (tertiary/aromatic N) is 2. The van der Waals surface area contributed by atoms with Gasteiger partial charge in [-0.25, -0.2) is 0 Å². The fourth-order valence-electron chi connectivity index (χ4n) is 10.3. The number of rotatable bonds is 8. The van der Waals surface area contributed by atoms with Crippen LogP contribution in [-0.4, -0.2) is 0 Å². The summed E-state index contributed by atoms with van der Waals surface area (Å²) in [5, 5.41) is 2.48. The van der Waals surface area contributed by atoms with Crippen molar-refractivity contribution < 1.29 is 0 Å². The van der Waals surface area contributed by atoms with Crippen LogP contribution in [0.2, 0.25) is 0 Å². The van der Waals surface area contributed by atoms with E-state index in [1.807, 2.05) is 0 Å². The van der Waals surface area contributed by atoms with Crippen LogP contribution >= 0.6 is 0 Å². The Morgan fingerprint density at radius 2 is 0.714 bits per heavy atom. The average molecular weight is 811 g/mol. The molecule has 0 spiro atoms. The first-order valence-electron chi connectivity index (χ1n) is 22.2. The van der Waals surface area contributed by atoms with Gasteiger partial charge in [0.1, 0.15) is 0 Å². The van der Waals surface area contributed by atoms with Gasteiger partial charge in [-0.3, -0.25) is 0 Å². The summed E-state index contributed by atoms with van der Waals surface area (Å²) in [6.07, 6.45) is 4.58. The van der Waals surface area contributed by atoms with E-state index in [-0.39, 0.29) is 10.8 Å². The van der Waals surface area contributed by atoms with E-state index in [0.29, 0.717) is 0 Å². The number of anilines is 6. The van der Waals surface area contributed by atoms with E-state index in [4.69, 9.17) is 0 Å².